The van der Waals surface area contributed by atoms with E-state index in [4.69, 9.17) is 0 Å². The molecule has 0 spiro atoms. The molecular formula is C35H26N4O11S2. The molecule has 0 aliphatic rings. The summed E-state index contributed by atoms with van der Waals surface area (Å²) in [5, 5.41) is 30.7. The maximum atomic E-state index is 13.0. The largest absolute Gasteiger partial charge is 0.508 e. The molecule has 264 valence electrons. The standard InChI is InChI=1S/C35H26N4O11S2/c40-25-15-21-3-1-5-27(31(21)29(17-25)51(45,46)47)38-33(42)19-7-11-23(12-8-19)36-35(44)37-24-13-9-20(10-14-24)34(43)39-28-6-2-4-22-16-26(41)18-30(32(22)28)52(48,49)50/h1-18,40-41H,(H,38,42)(H,39,43)(H2,36,37,44)(H,45,46,47)(H,48,49,50). The lowest BCUT2D eigenvalue weighted by Gasteiger charge is -2.13. The van der Waals surface area contributed by atoms with E-state index in [1.54, 1.807) is 0 Å². The summed E-state index contributed by atoms with van der Waals surface area (Å²) in [5.74, 6) is -2.03. The summed E-state index contributed by atoms with van der Waals surface area (Å²) < 4.78 is 67.3. The van der Waals surface area contributed by atoms with E-state index in [9.17, 15) is 50.5 Å². The van der Waals surface area contributed by atoms with Crippen LogP contribution in [0.5, 0.6) is 11.5 Å². The molecule has 0 fully saturated rings. The van der Waals surface area contributed by atoms with Crippen molar-refractivity contribution in [1.82, 2.24) is 0 Å². The van der Waals surface area contributed by atoms with Crippen LogP contribution >= 0.6 is 0 Å². The fourth-order valence-corrected chi connectivity index (χ4v) is 6.96. The molecule has 15 nitrogen and oxygen atoms in total. The van der Waals surface area contributed by atoms with Gasteiger partial charge in [-0.15, -0.1) is 0 Å². The van der Waals surface area contributed by atoms with Crippen molar-refractivity contribution in [2.45, 2.75) is 9.79 Å². The zero-order valence-electron chi connectivity index (χ0n) is 26.4. The summed E-state index contributed by atoms with van der Waals surface area (Å²) in [6.45, 7) is 0. The summed E-state index contributed by atoms with van der Waals surface area (Å²) in [6, 6.07) is 24.1. The number of hydrogen-bond acceptors (Lipinski definition) is 9. The van der Waals surface area contributed by atoms with Gasteiger partial charge in [0.05, 0.1) is 11.4 Å². The molecule has 0 unspecified atom stereocenters. The van der Waals surface area contributed by atoms with Crippen LogP contribution in [-0.4, -0.2) is 54.0 Å². The van der Waals surface area contributed by atoms with E-state index in [1.807, 2.05) is 0 Å². The number of aromatic hydroxyl groups is 2. The zero-order chi connectivity index (χ0) is 37.4. The molecule has 6 aromatic carbocycles. The first-order chi connectivity index (χ1) is 24.6. The number of carbonyl (C=O) groups is 3. The minimum Gasteiger partial charge on any atom is -0.508 e. The van der Waals surface area contributed by atoms with Crippen LogP contribution < -0.4 is 21.3 Å². The Morgan fingerprint density at radius 3 is 1.19 bits per heavy atom. The number of rotatable bonds is 8. The van der Waals surface area contributed by atoms with Gasteiger partial charge in [-0.2, -0.15) is 16.8 Å². The number of fused-ring (bicyclic) bond motifs is 2. The van der Waals surface area contributed by atoms with Crippen molar-refractivity contribution >= 4 is 82.4 Å². The van der Waals surface area contributed by atoms with Gasteiger partial charge >= 0.3 is 6.03 Å². The molecule has 0 aliphatic heterocycles. The average Bonchev–Trinajstić information content (AvgIpc) is 3.07. The normalized spacial score (nSPS) is 11.6. The number of phenolic OH excluding ortho intramolecular Hbond substituents is 2. The fraction of sp³-hybridized carbons (Fsp3) is 0. The highest BCUT2D eigenvalue weighted by Gasteiger charge is 2.21. The predicted octanol–water partition coefficient (Wildman–Crippen LogP) is 6.05. The fourth-order valence-electron chi connectivity index (χ4n) is 5.45. The Hall–Kier alpha value is -6.53. The third kappa shape index (κ3) is 7.62. The smallest absolute Gasteiger partial charge is 0.323 e. The number of urea groups is 1. The van der Waals surface area contributed by atoms with Gasteiger partial charge in [-0.3, -0.25) is 18.7 Å². The lowest BCUT2D eigenvalue weighted by atomic mass is 10.1. The molecule has 6 aromatic rings. The summed E-state index contributed by atoms with van der Waals surface area (Å²) >= 11 is 0. The third-order valence-corrected chi connectivity index (χ3v) is 9.47. The monoisotopic (exact) mass is 742 g/mol. The van der Waals surface area contributed by atoms with Gasteiger partial charge in [0.2, 0.25) is 0 Å². The number of carbonyl (C=O) groups excluding carboxylic acids is 3. The zero-order valence-corrected chi connectivity index (χ0v) is 28.0. The van der Waals surface area contributed by atoms with Crippen molar-refractivity contribution in [1.29, 1.82) is 0 Å². The first-order valence-corrected chi connectivity index (χ1v) is 17.8. The summed E-state index contributed by atoms with van der Waals surface area (Å²) in [6.07, 6.45) is 0. The topological polar surface area (TPSA) is 249 Å². The van der Waals surface area contributed by atoms with E-state index in [-0.39, 0.29) is 44.0 Å². The Kier molecular flexibility index (Phi) is 9.26. The van der Waals surface area contributed by atoms with Gasteiger partial charge in [0.25, 0.3) is 32.1 Å². The van der Waals surface area contributed by atoms with E-state index < -0.39 is 59.4 Å². The van der Waals surface area contributed by atoms with Crippen LogP contribution in [0.3, 0.4) is 0 Å². The van der Waals surface area contributed by atoms with Crippen molar-refractivity contribution < 1.29 is 50.5 Å². The van der Waals surface area contributed by atoms with Crippen molar-refractivity contribution in [3.8, 4) is 11.5 Å². The van der Waals surface area contributed by atoms with Crippen molar-refractivity contribution in [3.63, 3.8) is 0 Å². The van der Waals surface area contributed by atoms with E-state index in [0.717, 1.165) is 12.1 Å². The minimum atomic E-state index is -4.75. The predicted molar refractivity (Wildman–Crippen MR) is 192 cm³/mol. The van der Waals surface area contributed by atoms with Gasteiger partial charge in [-0.05, 0) is 83.6 Å². The maximum absolute atomic E-state index is 13.0. The summed E-state index contributed by atoms with van der Waals surface area (Å²) in [4.78, 5) is 37.5. The molecule has 17 heteroatoms. The molecule has 8 N–H and O–H groups in total. The molecule has 0 saturated carbocycles. The Balaban J connectivity index is 1.10. The molecule has 0 heterocycles. The number of phenols is 2. The van der Waals surface area contributed by atoms with Crippen LogP contribution in [0.2, 0.25) is 0 Å². The second-order valence-corrected chi connectivity index (χ2v) is 14.1. The average molecular weight is 743 g/mol. The van der Waals surface area contributed by atoms with Crippen molar-refractivity contribution in [2.75, 3.05) is 21.3 Å². The highest BCUT2D eigenvalue weighted by atomic mass is 32.2. The van der Waals surface area contributed by atoms with Crippen LogP contribution in [0.1, 0.15) is 20.7 Å². The van der Waals surface area contributed by atoms with E-state index in [0.29, 0.717) is 11.4 Å². The van der Waals surface area contributed by atoms with Gasteiger partial charge in [0, 0.05) is 45.4 Å². The number of benzene rings is 6. The number of amides is 4. The van der Waals surface area contributed by atoms with Crippen LogP contribution in [0.25, 0.3) is 21.5 Å². The van der Waals surface area contributed by atoms with Gasteiger partial charge in [-0.25, -0.2) is 4.79 Å². The molecule has 6 rings (SSSR count). The maximum Gasteiger partial charge on any atom is 0.323 e. The van der Waals surface area contributed by atoms with Gasteiger partial charge in [0.15, 0.2) is 0 Å². The SMILES string of the molecule is O=C(Nc1ccc(C(=O)Nc2cccc3cc(O)cc(S(=O)(=O)O)c23)cc1)Nc1ccc(C(=O)Nc2cccc3cc(O)cc(S(=O)(=O)O)c23)cc1. The molecule has 0 aliphatic carbocycles. The molecule has 0 radical (unpaired) electrons. The lowest BCUT2D eigenvalue weighted by Crippen LogP contribution is -2.20. The number of nitrogens with one attached hydrogen (secondary N) is 4. The molecule has 0 bridgehead atoms. The Labute approximate surface area is 295 Å². The summed E-state index contributed by atoms with van der Waals surface area (Å²) in [5.41, 5.74) is 1.07. The number of hydrogen-bond donors (Lipinski definition) is 8. The van der Waals surface area contributed by atoms with E-state index in [2.05, 4.69) is 21.3 Å². The third-order valence-electron chi connectivity index (χ3n) is 7.71. The highest BCUT2D eigenvalue weighted by molar-refractivity contribution is 7.86. The Morgan fingerprint density at radius 2 is 0.846 bits per heavy atom. The Bertz CT molecular complexity index is 2460. The second-order valence-electron chi connectivity index (χ2n) is 11.3. The summed E-state index contributed by atoms with van der Waals surface area (Å²) in [7, 11) is -9.50. The van der Waals surface area contributed by atoms with Gasteiger partial charge < -0.3 is 31.5 Å². The van der Waals surface area contributed by atoms with Crippen LogP contribution in [0.15, 0.2) is 119 Å². The van der Waals surface area contributed by atoms with Gasteiger partial charge in [0.1, 0.15) is 21.3 Å². The van der Waals surface area contributed by atoms with Crippen molar-refractivity contribution in [2.24, 2.45) is 0 Å². The quantitative estimate of drug-likeness (QED) is 0.0834. The molecular weight excluding hydrogens is 717 g/mol. The van der Waals surface area contributed by atoms with Crippen LogP contribution in [0, 0.1) is 0 Å². The Morgan fingerprint density at radius 1 is 0.481 bits per heavy atom. The van der Waals surface area contributed by atoms with Gasteiger partial charge in [-0.1, -0.05) is 24.3 Å². The molecule has 52 heavy (non-hydrogen) atoms. The lowest BCUT2D eigenvalue weighted by molar-refractivity contribution is 0.101. The second kappa shape index (κ2) is 13.6. The number of anilines is 4. The van der Waals surface area contributed by atoms with Crippen molar-refractivity contribution in [3.05, 3.63) is 120 Å². The first-order valence-electron chi connectivity index (χ1n) is 14.9. The molecule has 4 amide bonds. The highest BCUT2D eigenvalue weighted by Crippen LogP contribution is 2.35. The van der Waals surface area contributed by atoms with Crippen LogP contribution in [-0.2, 0) is 20.2 Å². The van der Waals surface area contributed by atoms with Crippen LogP contribution in [0.4, 0.5) is 27.5 Å². The molecule has 0 saturated heterocycles. The first kappa shape index (κ1) is 35.3. The van der Waals surface area contributed by atoms with E-state index >= 15 is 0 Å². The molecule has 0 aromatic heterocycles. The minimum absolute atomic E-state index is 0.000692. The van der Waals surface area contributed by atoms with E-state index in [1.165, 1.54) is 97.1 Å². The molecule has 0 atom stereocenters.